The zero-order valence-corrected chi connectivity index (χ0v) is 11.2. The van der Waals surface area contributed by atoms with E-state index in [4.69, 9.17) is 16.3 Å². The van der Waals surface area contributed by atoms with Crippen molar-refractivity contribution in [2.75, 3.05) is 26.8 Å². The maximum Gasteiger partial charge on any atom is 0.147 e. The van der Waals surface area contributed by atoms with Crippen LogP contribution in [0.4, 0.5) is 0 Å². The highest BCUT2D eigenvalue weighted by molar-refractivity contribution is 6.29. The average molecular weight is 272 g/mol. The normalized spacial score (nSPS) is 19.1. The zero-order valence-electron chi connectivity index (χ0n) is 10.5. The summed E-state index contributed by atoms with van der Waals surface area (Å²) >= 11 is 5.68. The first kappa shape index (κ1) is 13.7. The molecule has 0 amide bonds. The highest BCUT2D eigenvalue weighted by atomic mass is 35.5. The Hall–Kier alpha value is -0.750. The Bertz CT molecular complexity index is 379. The number of hydrogen-bond donors (Lipinski definition) is 1. The second-order valence-corrected chi connectivity index (χ2v) is 5.23. The SMILES string of the molecule is CN(Cc1cnc(Cl)cn1)CC1(O)CCOCC1. The van der Waals surface area contributed by atoms with E-state index in [-0.39, 0.29) is 0 Å². The Balaban J connectivity index is 1.87. The predicted molar refractivity (Wildman–Crippen MR) is 68.4 cm³/mol. The minimum absolute atomic E-state index is 0.393. The fourth-order valence-corrected chi connectivity index (χ4v) is 2.26. The number of ether oxygens (including phenoxy) is 1. The van der Waals surface area contributed by atoms with Crippen LogP contribution in [0.1, 0.15) is 18.5 Å². The van der Waals surface area contributed by atoms with Crippen LogP contribution in [0, 0.1) is 0 Å². The average Bonchev–Trinajstić information content (AvgIpc) is 2.32. The molecule has 0 unspecified atom stereocenters. The summed E-state index contributed by atoms with van der Waals surface area (Å²) < 4.78 is 5.26. The van der Waals surface area contributed by atoms with E-state index in [9.17, 15) is 5.11 Å². The maximum absolute atomic E-state index is 10.4. The lowest BCUT2D eigenvalue weighted by molar-refractivity contribution is -0.0778. The van der Waals surface area contributed by atoms with Gasteiger partial charge in [-0.2, -0.15) is 0 Å². The molecule has 2 heterocycles. The molecule has 0 saturated carbocycles. The molecule has 1 aliphatic rings. The van der Waals surface area contributed by atoms with Gasteiger partial charge in [-0.15, -0.1) is 0 Å². The third-order valence-electron chi connectivity index (χ3n) is 3.09. The number of rotatable bonds is 4. The molecule has 1 aromatic heterocycles. The van der Waals surface area contributed by atoms with Crippen LogP contribution in [-0.4, -0.2) is 52.4 Å². The molecule has 0 atom stereocenters. The molecule has 1 aliphatic heterocycles. The van der Waals surface area contributed by atoms with Crippen molar-refractivity contribution >= 4 is 11.6 Å². The number of halogens is 1. The van der Waals surface area contributed by atoms with Crippen LogP contribution in [0.25, 0.3) is 0 Å². The van der Waals surface area contributed by atoms with Crippen molar-refractivity contribution < 1.29 is 9.84 Å². The zero-order chi connectivity index (χ0) is 13.0. The van der Waals surface area contributed by atoms with Gasteiger partial charge >= 0.3 is 0 Å². The molecule has 18 heavy (non-hydrogen) atoms. The lowest BCUT2D eigenvalue weighted by Crippen LogP contribution is -2.45. The van der Waals surface area contributed by atoms with E-state index in [0.29, 0.717) is 44.3 Å². The topological polar surface area (TPSA) is 58.5 Å². The van der Waals surface area contributed by atoms with E-state index >= 15 is 0 Å². The minimum Gasteiger partial charge on any atom is -0.388 e. The fraction of sp³-hybridized carbons (Fsp3) is 0.667. The Labute approximate surface area is 112 Å². The summed E-state index contributed by atoms with van der Waals surface area (Å²) in [6.07, 6.45) is 4.56. The van der Waals surface area contributed by atoms with Gasteiger partial charge in [0.25, 0.3) is 0 Å². The molecule has 0 bridgehead atoms. The molecule has 0 aromatic carbocycles. The molecule has 100 valence electrons. The molecule has 0 aliphatic carbocycles. The summed E-state index contributed by atoms with van der Waals surface area (Å²) in [5, 5.41) is 10.8. The molecule has 0 radical (unpaired) electrons. The summed E-state index contributed by atoms with van der Waals surface area (Å²) in [5.74, 6) is 0. The van der Waals surface area contributed by atoms with Gasteiger partial charge in [0.05, 0.1) is 23.7 Å². The van der Waals surface area contributed by atoms with Crippen molar-refractivity contribution in [1.82, 2.24) is 14.9 Å². The number of aromatic nitrogens is 2. The highest BCUT2D eigenvalue weighted by Gasteiger charge is 2.30. The van der Waals surface area contributed by atoms with Gasteiger partial charge in [-0.05, 0) is 7.05 Å². The van der Waals surface area contributed by atoms with Gasteiger partial charge in [-0.1, -0.05) is 11.6 Å². The van der Waals surface area contributed by atoms with E-state index in [1.54, 1.807) is 6.20 Å². The smallest absolute Gasteiger partial charge is 0.147 e. The van der Waals surface area contributed by atoms with Crippen molar-refractivity contribution in [3.05, 3.63) is 23.2 Å². The van der Waals surface area contributed by atoms with Gasteiger partial charge in [0.1, 0.15) is 5.15 Å². The molecule has 0 spiro atoms. The number of nitrogens with zero attached hydrogens (tertiary/aromatic N) is 3. The third-order valence-corrected chi connectivity index (χ3v) is 3.29. The first-order valence-electron chi connectivity index (χ1n) is 6.02. The predicted octanol–water partition coefficient (Wildman–Crippen LogP) is 1.10. The Morgan fingerprint density at radius 2 is 2.11 bits per heavy atom. The van der Waals surface area contributed by atoms with Crippen LogP contribution in [-0.2, 0) is 11.3 Å². The van der Waals surface area contributed by atoms with Crippen LogP contribution in [0.5, 0.6) is 0 Å². The van der Waals surface area contributed by atoms with Crippen LogP contribution in [0.3, 0.4) is 0 Å². The van der Waals surface area contributed by atoms with Crippen molar-refractivity contribution in [1.29, 1.82) is 0 Å². The van der Waals surface area contributed by atoms with Crippen LogP contribution >= 0.6 is 11.6 Å². The minimum atomic E-state index is -0.646. The van der Waals surface area contributed by atoms with Gasteiger partial charge in [-0.3, -0.25) is 9.88 Å². The Morgan fingerprint density at radius 3 is 2.72 bits per heavy atom. The maximum atomic E-state index is 10.4. The van der Waals surface area contributed by atoms with E-state index in [0.717, 1.165) is 5.69 Å². The number of hydrogen-bond acceptors (Lipinski definition) is 5. The summed E-state index contributed by atoms with van der Waals surface area (Å²) in [6.45, 7) is 2.52. The van der Waals surface area contributed by atoms with E-state index in [1.165, 1.54) is 6.20 Å². The molecule has 1 N–H and O–H groups in total. The molecule has 6 heteroatoms. The lowest BCUT2D eigenvalue weighted by atomic mass is 9.94. The molecular formula is C12H18ClN3O2. The fourth-order valence-electron chi connectivity index (χ4n) is 2.17. The molecule has 2 rings (SSSR count). The third kappa shape index (κ3) is 3.88. The Kier molecular flexibility index (Phi) is 4.50. The molecule has 1 saturated heterocycles. The van der Waals surface area contributed by atoms with Gasteiger partial charge in [0.2, 0.25) is 0 Å². The Morgan fingerprint density at radius 1 is 1.39 bits per heavy atom. The summed E-state index contributed by atoms with van der Waals surface area (Å²) in [5.41, 5.74) is 0.199. The number of likely N-dealkylation sites (N-methyl/N-ethyl adjacent to an activating group) is 1. The monoisotopic (exact) mass is 271 g/mol. The van der Waals surface area contributed by atoms with E-state index in [2.05, 4.69) is 9.97 Å². The van der Waals surface area contributed by atoms with Gasteiger partial charge in [0.15, 0.2) is 0 Å². The quantitative estimate of drug-likeness (QED) is 0.889. The van der Waals surface area contributed by atoms with Crippen LogP contribution in [0.2, 0.25) is 5.15 Å². The first-order valence-corrected chi connectivity index (χ1v) is 6.40. The largest absolute Gasteiger partial charge is 0.388 e. The summed E-state index contributed by atoms with van der Waals surface area (Å²) in [7, 11) is 1.96. The van der Waals surface area contributed by atoms with Crippen molar-refractivity contribution in [3.63, 3.8) is 0 Å². The van der Waals surface area contributed by atoms with Crippen LogP contribution in [0.15, 0.2) is 12.4 Å². The highest BCUT2D eigenvalue weighted by Crippen LogP contribution is 2.21. The summed E-state index contributed by atoms with van der Waals surface area (Å²) in [4.78, 5) is 10.2. The van der Waals surface area contributed by atoms with Gasteiger partial charge in [-0.25, -0.2) is 4.98 Å². The standard InChI is InChI=1S/C12H18ClN3O2/c1-16(8-10-6-15-11(13)7-14-10)9-12(17)2-4-18-5-3-12/h6-7,17H,2-5,8-9H2,1H3. The van der Waals surface area contributed by atoms with E-state index < -0.39 is 5.60 Å². The van der Waals surface area contributed by atoms with E-state index in [1.807, 2.05) is 11.9 Å². The van der Waals surface area contributed by atoms with Crippen molar-refractivity contribution in [2.45, 2.75) is 25.0 Å². The molecular weight excluding hydrogens is 254 g/mol. The molecule has 1 fully saturated rings. The summed E-state index contributed by atoms with van der Waals surface area (Å²) in [6, 6.07) is 0. The molecule has 5 nitrogen and oxygen atoms in total. The second kappa shape index (κ2) is 5.93. The second-order valence-electron chi connectivity index (χ2n) is 4.84. The van der Waals surface area contributed by atoms with Crippen molar-refractivity contribution in [3.8, 4) is 0 Å². The molecule has 1 aromatic rings. The van der Waals surface area contributed by atoms with Gasteiger partial charge < -0.3 is 9.84 Å². The first-order chi connectivity index (χ1) is 8.57. The van der Waals surface area contributed by atoms with Crippen molar-refractivity contribution in [2.24, 2.45) is 0 Å². The number of aliphatic hydroxyl groups is 1. The lowest BCUT2D eigenvalue weighted by Gasteiger charge is -2.35. The van der Waals surface area contributed by atoms with Gasteiger partial charge in [0, 0.05) is 39.1 Å². The van der Waals surface area contributed by atoms with Crippen LogP contribution < -0.4 is 0 Å².